The summed E-state index contributed by atoms with van der Waals surface area (Å²) in [7, 11) is -3.69. The number of hydrogen-bond acceptors (Lipinski definition) is 7. The molecule has 4 aromatic rings. The van der Waals surface area contributed by atoms with Crippen LogP contribution in [0.25, 0.3) is 22.5 Å². The van der Waals surface area contributed by atoms with Crippen LogP contribution in [0.2, 0.25) is 0 Å². The van der Waals surface area contributed by atoms with Gasteiger partial charge in [0.15, 0.2) is 5.75 Å². The molecule has 0 atom stereocenters. The summed E-state index contributed by atoms with van der Waals surface area (Å²) in [6.45, 7) is 0.0817. The van der Waals surface area contributed by atoms with Gasteiger partial charge in [0.25, 0.3) is 0 Å². The number of sulfonamides is 1. The molecule has 14 heteroatoms. The first kappa shape index (κ1) is 28.3. The monoisotopic (exact) mass is 591 g/mol. The quantitative estimate of drug-likeness (QED) is 0.234. The van der Waals surface area contributed by atoms with Crippen molar-refractivity contribution in [3.8, 4) is 34.3 Å². The molecule has 0 bridgehead atoms. The molecule has 3 aromatic heterocycles. The average Bonchev–Trinajstić information content (AvgIpc) is 3.29. The number of alkyl halides is 3. The van der Waals surface area contributed by atoms with Crippen molar-refractivity contribution < 1.29 is 35.5 Å². The lowest BCUT2D eigenvalue weighted by atomic mass is 9.93. The molecular formula is C27H25F4N5O4S. The van der Waals surface area contributed by atoms with Gasteiger partial charge in [-0.3, -0.25) is 9.40 Å². The summed E-state index contributed by atoms with van der Waals surface area (Å²) in [6, 6.07) is 13.5. The second kappa shape index (κ2) is 11.4. The predicted octanol–water partition coefficient (Wildman–Crippen LogP) is 5.76. The van der Waals surface area contributed by atoms with E-state index in [9.17, 15) is 26.0 Å². The van der Waals surface area contributed by atoms with Crippen molar-refractivity contribution in [1.82, 2.24) is 19.7 Å². The van der Waals surface area contributed by atoms with E-state index in [1.54, 1.807) is 4.72 Å². The molecule has 3 heterocycles. The van der Waals surface area contributed by atoms with Gasteiger partial charge in [-0.25, -0.2) is 22.8 Å². The van der Waals surface area contributed by atoms with Crippen molar-refractivity contribution in [2.45, 2.75) is 38.1 Å². The van der Waals surface area contributed by atoms with Gasteiger partial charge in [-0.1, -0.05) is 30.3 Å². The average molecular weight is 592 g/mol. The number of halogens is 4. The van der Waals surface area contributed by atoms with Crippen LogP contribution in [0.5, 0.6) is 11.8 Å². The smallest absolute Gasteiger partial charge is 0.404 e. The maximum atomic E-state index is 14.8. The lowest BCUT2D eigenvalue weighted by Crippen LogP contribution is -2.28. The van der Waals surface area contributed by atoms with Gasteiger partial charge in [0.1, 0.15) is 23.8 Å². The van der Waals surface area contributed by atoms with Crippen LogP contribution in [-0.2, 0) is 16.6 Å². The minimum absolute atomic E-state index is 0.0127. The van der Waals surface area contributed by atoms with E-state index in [0.29, 0.717) is 6.04 Å². The Hall–Kier alpha value is -4.20. The summed E-state index contributed by atoms with van der Waals surface area (Å²) in [5.74, 6) is -3.14. The van der Waals surface area contributed by atoms with Gasteiger partial charge >= 0.3 is 6.18 Å². The number of rotatable bonds is 10. The van der Waals surface area contributed by atoms with Crippen LogP contribution in [0.1, 0.15) is 30.9 Å². The van der Waals surface area contributed by atoms with Crippen LogP contribution < -0.4 is 14.2 Å². The number of nitrogens with zero attached hydrogens (tertiary/aromatic N) is 4. The predicted molar refractivity (Wildman–Crippen MR) is 142 cm³/mol. The standard InChI is InChI=1S/C27H25F4N5O4S/c1-39-26-22(35-41(37,38)16-27(29,30)31)12-18(13-32-26)25-21(28)10-11-23(33-25)40-15-19-14-36(20-8-5-9-20)34-24(19)17-6-3-2-4-7-17/h2-4,6-7,10-14,20,35H,5,8-9,15-16H2,1H3. The van der Waals surface area contributed by atoms with Crippen molar-refractivity contribution in [3.63, 3.8) is 0 Å². The Balaban J connectivity index is 1.41. The number of anilines is 1. The Kier molecular flexibility index (Phi) is 7.84. The van der Waals surface area contributed by atoms with Crippen LogP contribution >= 0.6 is 0 Å². The number of benzene rings is 1. The molecule has 0 aliphatic heterocycles. The number of methoxy groups -OCH3 is 1. The molecule has 1 aliphatic carbocycles. The zero-order valence-corrected chi connectivity index (χ0v) is 22.5. The highest BCUT2D eigenvalue weighted by atomic mass is 32.2. The first-order valence-electron chi connectivity index (χ1n) is 12.6. The van der Waals surface area contributed by atoms with Crippen LogP contribution in [0.3, 0.4) is 0 Å². The van der Waals surface area contributed by atoms with E-state index in [0.717, 1.165) is 61.5 Å². The Bertz CT molecular complexity index is 1640. The molecule has 216 valence electrons. The highest BCUT2D eigenvalue weighted by Gasteiger charge is 2.35. The number of aromatic nitrogens is 4. The van der Waals surface area contributed by atoms with Crippen molar-refractivity contribution in [1.29, 1.82) is 0 Å². The highest BCUT2D eigenvalue weighted by molar-refractivity contribution is 7.92. The summed E-state index contributed by atoms with van der Waals surface area (Å²) >= 11 is 0. The van der Waals surface area contributed by atoms with Gasteiger partial charge in [-0.05, 0) is 31.4 Å². The molecule has 41 heavy (non-hydrogen) atoms. The fourth-order valence-corrected chi connectivity index (χ4v) is 5.29. The highest BCUT2D eigenvalue weighted by Crippen LogP contribution is 2.34. The van der Waals surface area contributed by atoms with Gasteiger partial charge in [-0.15, -0.1) is 0 Å². The maximum absolute atomic E-state index is 14.8. The number of pyridine rings is 2. The van der Waals surface area contributed by atoms with Gasteiger partial charge in [0.05, 0.1) is 18.8 Å². The Labute approximate surface area is 233 Å². The number of hydrogen-bond donors (Lipinski definition) is 1. The SMILES string of the molecule is COc1ncc(-c2nc(OCc3cn(C4CCC4)nc3-c3ccccc3)ccc2F)cc1NS(=O)(=O)CC(F)(F)F. The molecule has 9 nitrogen and oxygen atoms in total. The zero-order chi connectivity index (χ0) is 29.2. The second-order valence-electron chi connectivity index (χ2n) is 9.46. The van der Waals surface area contributed by atoms with Gasteiger partial charge < -0.3 is 9.47 Å². The largest absolute Gasteiger partial charge is 0.480 e. The van der Waals surface area contributed by atoms with Gasteiger partial charge in [0.2, 0.25) is 21.8 Å². The first-order chi connectivity index (χ1) is 19.5. The number of nitrogens with one attached hydrogen (secondary N) is 1. The Morgan fingerprint density at radius 2 is 1.83 bits per heavy atom. The molecule has 0 unspecified atom stereocenters. The Morgan fingerprint density at radius 1 is 1.07 bits per heavy atom. The molecule has 1 fully saturated rings. The van der Waals surface area contributed by atoms with Crippen LogP contribution in [0.15, 0.2) is 60.9 Å². The van der Waals surface area contributed by atoms with E-state index < -0.39 is 33.5 Å². The molecule has 0 spiro atoms. The third-order valence-corrected chi connectivity index (χ3v) is 7.68. The van der Waals surface area contributed by atoms with Crippen molar-refractivity contribution in [2.24, 2.45) is 0 Å². The second-order valence-corrected chi connectivity index (χ2v) is 11.2. The van der Waals surface area contributed by atoms with Crippen molar-refractivity contribution in [3.05, 3.63) is 72.3 Å². The molecule has 1 N–H and O–H groups in total. The van der Waals surface area contributed by atoms with Crippen molar-refractivity contribution >= 4 is 15.7 Å². The lowest BCUT2D eigenvalue weighted by molar-refractivity contribution is -0.106. The summed E-state index contributed by atoms with van der Waals surface area (Å²) < 4.78 is 91.7. The Morgan fingerprint density at radius 3 is 2.49 bits per heavy atom. The van der Waals surface area contributed by atoms with Crippen LogP contribution in [0, 0.1) is 5.82 Å². The van der Waals surface area contributed by atoms with E-state index >= 15 is 0 Å². The first-order valence-corrected chi connectivity index (χ1v) is 14.2. The fourth-order valence-electron chi connectivity index (χ4n) is 4.31. The summed E-state index contributed by atoms with van der Waals surface area (Å²) in [5, 5.41) is 4.78. The molecule has 5 rings (SSSR count). The van der Waals surface area contributed by atoms with Gasteiger partial charge in [-0.2, -0.15) is 18.3 Å². The molecule has 0 radical (unpaired) electrons. The molecule has 1 aromatic carbocycles. The molecule has 0 saturated heterocycles. The van der Waals surface area contributed by atoms with E-state index in [1.165, 1.54) is 6.07 Å². The summed E-state index contributed by atoms with van der Waals surface area (Å²) in [5.41, 5.74) is 1.82. The van der Waals surface area contributed by atoms with E-state index in [1.807, 2.05) is 41.2 Å². The third kappa shape index (κ3) is 6.76. The van der Waals surface area contributed by atoms with E-state index in [-0.39, 0.29) is 29.6 Å². The minimum Gasteiger partial charge on any atom is -0.480 e. The van der Waals surface area contributed by atoms with Crippen LogP contribution in [-0.4, -0.2) is 47.2 Å². The topological polar surface area (TPSA) is 108 Å². The minimum atomic E-state index is -4.97. The third-order valence-electron chi connectivity index (χ3n) is 6.44. The molecule has 1 aliphatic rings. The normalized spacial score (nSPS) is 14.0. The number of ether oxygens (including phenoxy) is 2. The molecular weight excluding hydrogens is 566 g/mol. The fraction of sp³-hybridized carbons (Fsp3) is 0.296. The maximum Gasteiger partial charge on any atom is 0.404 e. The summed E-state index contributed by atoms with van der Waals surface area (Å²) in [6.07, 6.45) is 1.35. The van der Waals surface area contributed by atoms with E-state index in [2.05, 4.69) is 9.97 Å². The van der Waals surface area contributed by atoms with Crippen LogP contribution in [0.4, 0.5) is 23.2 Å². The summed E-state index contributed by atoms with van der Waals surface area (Å²) in [4.78, 5) is 8.13. The van der Waals surface area contributed by atoms with Gasteiger partial charge in [0, 0.05) is 35.2 Å². The molecule has 0 amide bonds. The zero-order valence-electron chi connectivity index (χ0n) is 21.7. The lowest BCUT2D eigenvalue weighted by Gasteiger charge is -2.25. The molecule has 1 saturated carbocycles. The van der Waals surface area contributed by atoms with Crippen molar-refractivity contribution in [2.75, 3.05) is 17.6 Å². The van der Waals surface area contributed by atoms with E-state index in [4.69, 9.17) is 14.6 Å².